The van der Waals surface area contributed by atoms with E-state index in [9.17, 15) is 23.1 Å². The van der Waals surface area contributed by atoms with Crippen LogP contribution in [-0.2, 0) is 14.8 Å². The fourth-order valence-corrected chi connectivity index (χ4v) is 3.82. The van der Waals surface area contributed by atoms with E-state index in [-0.39, 0.29) is 18.0 Å². The fraction of sp³-hybridized carbons (Fsp3) is 0.412. The SMILES string of the molecule is C=CCN(C)S(=O)(=O)c1ccc(NC(=O)N2CCC(C)(C(=O)O)C2)cc1. The van der Waals surface area contributed by atoms with Crippen molar-refractivity contribution in [1.29, 1.82) is 0 Å². The van der Waals surface area contributed by atoms with Gasteiger partial charge in [-0.3, -0.25) is 4.79 Å². The standard InChI is InChI=1S/C17H23N3O5S/c1-4-10-19(3)26(24,25)14-7-5-13(6-8-14)18-16(23)20-11-9-17(2,12-20)15(21)22/h4-8H,1,9-12H2,2-3H3,(H,18,23)(H,21,22). The summed E-state index contributed by atoms with van der Waals surface area (Å²) in [5.74, 6) is -0.925. The number of nitrogens with one attached hydrogen (secondary N) is 1. The highest BCUT2D eigenvalue weighted by Gasteiger charge is 2.42. The molecule has 142 valence electrons. The molecule has 9 heteroatoms. The van der Waals surface area contributed by atoms with Gasteiger partial charge in [0.2, 0.25) is 10.0 Å². The molecular weight excluding hydrogens is 358 g/mol. The Balaban J connectivity index is 2.05. The van der Waals surface area contributed by atoms with Crippen LogP contribution in [0, 0.1) is 5.41 Å². The van der Waals surface area contributed by atoms with Crippen LogP contribution in [0.2, 0.25) is 0 Å². The van der Waals surface area contributed by atoms with E-state index in [0.29, 0.717) is 18.7 Å². The van der Waals surface area contributed by atoms with Crippen LogP contribution >= 0.6 is 0 Å². The third-order valence-corrected chi connectivity index (χ3v) is 6.31. The Hall–Kier alpha value is -2.39. The Bertz CT molecular complexity index is 806. The van der Waals surface area contributed by atoms with Crippen LogP contribution in [0.15, 0.2) is 41.8 Å². The molecule has 0 aromatic heterocycles. The van der Waals surface area contributed by atoms with Crippen LogP contribution in [0.3, 0.4) is 0 Å². The fourth-order valence-electron chi connectivity index (χ4n) is 2.68. The zero-order valence-corrected chi connectivity index (χ0v) is 15.6. The minimum Gasteiger partial charge on any atom is -0.481 e. The summed E-state index contributed by atoms with van der Waals surface area (Å²) in [6.07, 6.45) is 1.88. The Morgan fingerprint density at radius 2 is 2.00 bits per heavy atom. The predicted octanol–water partition coefficient (Wildman–Crippen LogP) is 1.82. The van der Waals surface area contributed by atoms with E-state index < -0.39 is 27.4 Å². The van der Waals surface area contributed by atoms with E-state index in [4.69, 9.17) is 0 Å². The molecule has 0 saturated carbocycles. The van der Waals surface area contributed by atoms with Crippen LogP contribution in [0.5, 0.6) is 0 Å². The second-order valence-electron chi connectivity index (χ2n) is 6.57. The molecule has 0 radical (unpaired) electrons. The lowest BCUT2D eigenvalue weighted by atomic mass is 9.90. The predicted molar refractivity (Wildman–Crippen MR) is 97.4 cm³/mol. The first kappa shape index (κ1) is 19.9. The number of urea groups is 1. The number of nitrogens with zero attached hydrogens (tertiary/aromatic N) is 2. The largest absolute Gasteiger partial charge is 0.481 e. The zero-order valence-electron chi connectivity index (χ0n) is 14.8. The van der Waals surface area contributed by atoms with Gasteiger partial charge in [-0.1, -0.05) is 6.08 Å². The quantitative estimate of drug-likeness (QED) is 0.731. The smallest absolute Gasteiger partial charge is 0.321 e. The van der Waals surface area contributed by atoms with Crippen molar-refractivity contribution in [3.05, 3.63) is 36.9 Å². The van der Waals surface area contributed by atoms with E-state index in [2.05, 4.69) is 11.9 Å². The van der Waals surface area contributed by atoms with Crippen molar-refractivity contribution in [3.8, 4) is 0 Å². The van der Waals surface area contributed by atoms with Crippen molar-refractivity contribution in [2.75, 3.05) is 32.0 Å². The van der Waals surface area contributed by atoms with E-state index >= 15 is 0 Å². The van der Waals surface area contributed by atoms with Crippen molar-refractivity contribution in [1.82, 2.24) is 9.21 Å². The van der Waals surface area contributed by atoms with E-state index in [1.54, 1.807) is 6.92 Å². The number of carboxylic acids is 1. The van der Waals surface area contributed by atoms with Gasteiger partial charge in [0.25, 0.3) is 0 Å². The third kappa shape index (κ3) is 4.05. The molecule has 1 saturated heterocycles. The molecule has 1 fully saturated rings. The number of aliphatic carboxylic acids is 1. The molecule has 1 aromatic rings. The number of rotatable bonds is 6. The molecular formula is C17H23N3O5S. The summed E-state index contributed by atoms with van der Waals surface area (Å²) in [6, 6.07) is 5.42. The number of likely N-dealkylation sites (tertiary alicyclic amines) is 1. The monoisotopic (exact) mass is 381 g/mol. The molecule has 0 aliphatic carbocycles. The van der Waals surface area contributed by atoms with Crippen LogP contribution in [0.1, 0.15) is 13.3 Å². The van der Waals surface area contributed by atoms with Gasteiger partial charge in [0, 0.05) is 32.4 Å². The minimum absolute atomic E-state index is 0.111. The van der Waals surface area contributed by atoms with Gasteiger partial charge in [0.15, 0.2) is 0 Å². The number of carbonyl (C=O) groups excluding carboxylic acids is 1. The minimum atomic E-state index is -3.61. The Morgan fingerprint density at radius 1 is 1.38 bits per heavy atom. The summed E-state index contributed by atoms with van der Waals surface area (Å²) in [5, 5.41) is 11.9. The van der Waals surface area contributed by atoms with Gasteiger partial charge in [-0.15, -0.1) is 6.58 Å². The first-order chi connectivity index (χ1) is 12.1. The van der Waals surface area contributed by atoms with Crippen LogP contribution in [-0.4, -0.2) is 61.4 Å². The van der Waals surface area contributed by atoms with Gasteiger partial charge in [0.1, 0.15) is 0 Å². The molecule has 1 atom stereocenters. The molecule has 1 unspecified atom stereocenters. The molecule has 26 heavy (non-hydrogen) atoms. The summed E-state index contributed by atoms with van der Waals surface area (Å²) >= 11 is 0. The van der Waals surface area contributed by atoms with E-state index in [1.807, 2.05) is 0 Å². The maximum Gasteiger partial charge on any atom is 0.321 e. The number of hydrogen-bond donors (Lipinski definition) is 2. The van der Waals surface area contributed by atoms with Gasteiger partial charge in [0.05, 0.1) is 10.3 Å². The van der Waals surface area contributed by atoms with Crippen molar-refractivity contribution in [2.45, 2.75) is 18.2 Å². The Kier molecular flexibility index (Phi) is 5.72. The van der Waals surface area contributed by atoms with Gasteiger partial charge in [-0.2, -0.15) is 4.31 Å². The van der Waals surface area contributed by atoms with Crippen molar-refractivity contribution in [3.63, 3.8) is 0 Å². The number of benzene rings is 1. The van der Waals surface area contributed by atoms with E-state index in [0.717, 1.165) is 0 Å². The molecule has 1 aliphatic rings. The van der Waals surface area contributed by atoms with Crippen molar-refractivity contribution in [2.24, 2.45) is 5.41 Å². The molecule has 1 heterocycles. The van der Waals surface area contributed by atoms with Gasteiger partial charge >= 0.3 is 12.0 Å². The number of sulfonamides is 1. The number of carboxylic acid groups (broad SMARTS) is 1. The second-order valence-corrected chi connectivity index (χ2v) is 8.61. The maximum absolute atomic E-state index is 12.3. The molecule has 0 bridgehead atoms. The zero-order chi connectivity index (χ0) is 19.5. The summed E-state index contributed by atoms with van der Waals surface area (Å²) in [6.45, 7) is 5.81. The summed E-state index contributed by atoms with van der Waals surface area (Å²) < 4.78 is 25.8. The first-order valence-electron chi connectivity index (χ1n) is 8.07. The highest BCUT2D eigenvalue weighted by molar-refractivity contribution is 7.89. The molecule has 0 spiro atoms. The average Bonchev–Trinajstić information content (AvgIpc) is 2.99. The normalized spacial score (nSPS) is 20.2. The van der Waals surface area contributed by atoms with Crippen LogP contribution in [0.4, 0.5) is 10.5 Å². The van der Waals surface area contributed by atoms with Crippen LogP contribution < -0.4 is 5.32 Å². The molecule has 2 N–H and O–H groups in total. The summed E-state index contributed by atoms with van der Waals surface area (Å²) in [7, 11) is -2.16. The lowest BCUT2D eigenvalue weighted by molar-refractivity contribution is -0.146. The van der Waals surface area contributed by atoms with E-state index in [1.165, 1.54) is 46.6 Å². The third-order valence-electron chi connectivity index (χ3n) is 4.48. The number of anilines is 1. The highest BCUT2D eigenvalue weighted by Crippen LogP contribution is 2.30. The summed E-state index contributed by atoms with van der Waals surface area (Å²) in [5.41, 5.74) is -0.505. The number of carbonyl (C=O) groups is 2. The molecule has 2 rings (SSSR count). The Labute approximate surface area is 153 Å². The molecule has 1 aromatic carbocycles. The molecule has 2 amide bonds. The lowest BCUT2D eigenvalue weighted by Crippen LogP contribution is -2.37. The second kappa shape index (κ2) is 7.46. The number of hydrogen-bond acceptors (Lipinski definition) is 4. The van der Waals surface area contributed by atoms with Gasteiger partial charge in [-0.05, 0) is 37.6 Å². The molecule has 1 aliphatic heterocycles. The molecule has 8 nitrogen and oxygen atoms in total. The number of amides is 2. The first-order valence-corrected chi connectivity index (χ1v) is 9.51. The highest BCUT2D eigenvalue weighted by atomic mass is 32.2. The van der Waals surface area contributed by atoms with Crippen molar-refractivity contribution >= 4 is 27.7 Å². The topological polar surface area (TPSA) is 107 Å². The Morgan fingerprint density at radius 3 is 2.50 bits per heavy atom. The maximum atomic E-state index is 12.3. The average molecular weight is 381 g/mol. The van der Waals surface area contributed by atoms with Crippen molar-refractivity contribution < 1.29 is 23.1 Å². The number of likely N-dealkylation sites (N-methyl/N-ethyl adjacent to an activating group) is 1. The van der Waals surface area contributed by atoms with Gasteiger partial charge in [-0.25, -0.2) is 13.2 Å². The lowest BCUT2D eigenvalue weighted by Gasteiger charge is -2.20. The van der Waals surface area contributed by atoms with Crippen LogP contribution in [0.25, 0.3) is 0 Å². The van der Waals surface area contributed by atoms with Gasteiger partial charge < -0.3 is 15.3 Å². The summed E-state index contributed by atoms with van der Waals surface area (Å²) in [4.78, 5) is 25.1.